The summed E-state index contributed by atoms with van der Waals surface area (Å²) in [4.78, 5) is 27.6. The number of anilines is 2. The minimum Gasteiger partial charge on any atom is -0.324 e. The van der Waals surface area contributed by atoms with E-state index in [9.17, 15) is 10.1 Å². The second kappa shape index (κ2) is 7.26. The van der Waals surface area contributed by atoms with Gasteiger partial charge in [-0.3, -0.25) is 4.79 Å². The van der Waals surface area contributed by atoms with Crippen molar-refractivity contribution in [3.63, 3.8) is 0 Å². The number of aromatic nitrogens is 5. The zero-order valence-corrected chi connectivity index (χ0v) is 20.4. The molecule has 0 saturated heterocycles. The molecule has 0 bridgehead atoms. The Hall–Kier alpha value is -4.03. The van der Waals surface area contributed by atoms with Gasteiger partial charge in [0, 0.05) is 24.0 Å². The molecule has 0 radical (unpaired) electrons. The summed E-state index contributed by atoms with van der Waals surface area (Å²) in [5, 5.41) is 17.2. The van der Waals surface area contributed by atoms with Gasteiger partial charge in [0.1, 0.15) is 5.39 Å². The number of nitrogens with zero attached hydrogens (tertiary/aromatic N) is 6. The van der Waals surface area contributed by atoms with Crippen LogP contribution in [0.5, 0.6) is 0 Å². The van der Waals surface area contributed by atoms with Crippen molar-refractivity contribution in [2.45, 2.75) is 61.9 Å². The van der Waals surface area contributed by atoms with E-state index in [-0.39, 0.29) is 17.1 Å². The van der Waals surface area contributed by atoms with Gasteiger partial charge >= 0.3 is 0 Å². The van der Waals surface area contributed by atoms with Crippen LogP contribution in [0, 0.1) is 11.3 Å². The zero-order valence-electron chi connectivity index (χ0n) is 20.4. The molecule has 9 nitrogen and oxygen atoms in total. The number of nitriles is 1. The monoisotopic (exact) mass is 490 g/mol. The molecule has 0 unspecified atom stereocenters. The van der Waals surface area contributed by atoms with E-state index in [2.05, 4.69) is 39.9 Å². The molecule has 184 valence electrons. The summed E-state index contributed by atoms with van der Waals surface area (Å²) in [5.41, 5.74) is 4.58. The van der Waals surface area contributed by atoms with Crippen LogP contribution < -0.4 is 16.2 Å². The minimum absolute atomic E-state index is 0.103. The van der Waals surface area contributed by atoms with E-state index in [0.717, 1.165) is 50.0 Å². The van der Waals surface area contributed by atoms with Gasteiger partial charge < -0.3 is 10.6 Å². The van der Waals surface area contributed by atoms with Crippen LogP contribution in [0.2, 0.25) is 0 Å². The number of hydrogen-bond acceptors (Lipinski definition) is 7. The standard InChI is InChI=1S/C28H26N8O/c29-16-27(9-10-27)22-2-1-3-23(33-22)36-24-20(25(37)35(36)19-5-6-19)15-30-26(34-24)32-18-4-7-21-17(14-18)8-13-31-28(21)11-12-28/h1-4,7,14-15,19,31H,5-6,8-13H2,(H,30,32,34). The number of fused-ring (bicyclic) bond motifs is 3. The molecule has 4 aromatic rings. The van der Waals surface area contributed by atoms with Crippen LogP contribution in [0.25, 0.3) is 16.9 Å². The highest BCUT2D eigenvalue weighted by atomic mass is 16.1. The van der Waals surface area contributed by atoms with E-state index in [1.165, 1.54) is 24.0 Å². The highest BCUT2D eigenvalue weighted by molar-refractivity contribution is 5.77. The smallest absolute Gasteiger partial charge is 0.278 e. The molecule has 0 amide bonds. The van der Waals surface area contributed by atoms with E-state index < -0.39 is 5.41 Å². The van der Waals surface area contributed by atoms with Gasteiger partial charge in [-0.25, -0.2) is 19.3 Å². The van der Waals surface area contributed by atoms with Crippen LogP contribution in [0.4, 0.5) is 11.6 Å². The summed E-state index contributed by atoms with van der Waals surface area (Å²) in [6, 6.07) is 14.8. The predicted octanol–water partition coefficient (Wildman–Crippen LogP) is 3.75. The highest BCUT2D eigenvalue weighted by Gasteiger charge is 2.47. The molecule has 0 atom stereocenters. The summed E-state index contributed by atoms with van der Waals surface area (Å²) in [7, 11) is 0. The molecule has 1 spiro atoms. The van der Waals surface area contributed by atoms with Gasteiger partial charge in [-0.15, -0.1) is 0 Å². The molecule has 37 heavy (non-hydrogen) atoms. The normalized spacial score (nSPS) is 20.4. The lowest BCUT2D eigenvalue weighted by atomic mass is 9.92. The first-order valence-corrected chi connectivity index (χ1v) is 13.1. The van der Waals surface area contributed by atoms with Crippen LogP contribution in [0.1, 0.15) is 61.4 Å². The van der Waals surface area contributed by atoms with Crippen molar-refractivity contribution in [2.75, 3.05) is 11.9 Å². The first kappa shape index (κ1) is 21.1. The third kappa shape index (κ3) is 3.18. The number of benzene rings is 1. The van der Waals surface area contributed by atoms with Gasteiger partial charge in [0.2, 0.25) is 5.95 Å². The lowest BCUT2D eigenvalue weighted by molar-refractivity contribution is 0.490. The van der Waals surface area contributed by atoms with Crippen molar-refractivity contribution in [1.29, 1.82) is 5.26 Å². The molecule has 2 N–H and O–H groups in total. The Bertz CT molecular complexity index is 1700. The molecule has 4 heterocycles. The predicted molar refractivity (Wildman–Crippen MR) is 138 cm³/mol. The summed E-state index contributed by atoms with van der Waals surface area (Å²) in [6.07, 6.45) is 8.55. The van der Waals surface area contributed by atoms with Crippen molar-refractivity contribution in [2.24, 2.45) is 0 Å². The van der Waals surface area contributed by atoms with Gasteiger partial charge in [-0.05, 0) is 80.3 Å². The maximum Gasteiger partial charge on any atom is 0.278 e. The maximum absolute atomic E-state index is 13.4. The first-order chi connectivity index (χ1) is 18.1. The van der Waals surface area contributed by atoms with Gasteiger partial charge in [-0.1, -0.05) is 12.1 Å². The molecule has 9 heteroatoms. The third-order valence-corrected chi connectivity index (χ3v) is 8.41. The Morgan fingerprint density at radius 1 is 1.11 bits per heavy atom. The van der Waals surface area contributed by atoms with Crippen molar-refractivity contribution in [3.05, 3.63) is 69.8 Å². The topological polar surface area (TPSA) is 113 Å². The van der Waals surface area contributed by atoms with Crippen LogP contribution in [0.3, 0.4) is 0 Å². The van der Waals surface area contributed by atoms with Crippen LogP contribution >= 0.6 is 0 Å². The summed E-state index contributed by atoms with van der Waals surface area (Å²) in [6.45, 7) is 0.999. The Labute approximate surface area is 213 Å². The molecule has 1 aliphatic heterocycles. The van der Waals surface area contributed by atoms with Gasteiger partial charge in [-0.2, -0.15) is 10.2 Å². The fourth-order valence-electron chi connectivity index (χ4n) is 5.86. The average Bonchev–Trinajstić information content (AvgIpc) is 3.80. The Morgan fingerprint density at radius 2 is 1.97 bits per heavy atom. The lowest BCUT2D eigenvalue weighted by Gasteiger charge is -2.27. The number of rotatable bonds is 5. The largest absolute Gasteiger partial charge is 0.324 e. The molecule has 3 fully saturated rings. The minimum atomic E-state index is -0.508. The van der Waals surface area contributed by atoms with Crippen LogP contribution in [-0.4, -0.2) is 30.9 Å². The average molecular weight is 491 g/mol. The Kier molecular flexibility index (Phi) is 4.14. The van der Waals surface area contributed by atoms with Crippen molar-refractivity contribution in [1.82, 2.24) is 29.6 Å². The van der Waals surface area contributed by atoms with Gasteiger partial charge in [0.05, 0.1) is 23.2 Å². The summed E-state index contributed by atoms with van der Waals surface area (Å²) < 4.78 is 3.59. The second-order valence-corrected chi connectivity index (χ2v) is 11.0. The van der Waals surface area contributed by atoms with E-state index in [0.29, 0.717) is 22.8 Å². The van der Waals surface area contributed by atoms with Crippen molar-refractivity contribution >= 4 is 22.7 Å². The molecule has 1 aromatic carbocycles. The molecule has 3 aromatic heterocycles. The molecular formula is C28H26N8O. The van der Waals surface area contributed by atoms with Gasteiger partial charge in [0.15, 0.2) is 11.5 Å². The number of pyridine rings is 1. The summed E-state index contributed by atoms with van der Waals surface area (Å²) in [5.74, 6) is 1.05. The molecule has 3 saturated carbocycles. The third-order valence-electron chi connectivity index (χ3n) is 8.41. The lowest BCUT2D eigenvalue weighted by Crippen LogP contribution is -2.36. The first-order valence-electron chi connectivity index (χ1n) is 13.1. The molecule has 8 rings (SSSR count). The Morgan fingerprint density at radius 3 is 2.73 bits per heavy atom. The van der Waals surface area contributed by atoms with Crippen molar-refractivity contribution < 1.29 is 0 Å². The van der Waals surface area contributed by atoms with E-state index >= 15 is 0 Å². The fraction of sp³-hybridized carbons (Fsp3) is 0.393. The number of nitrogens with one attached hydrogen (secondary N) is 2. The van der Waals surface area contributed by atoms with Gasteiger partial charge in [0.25, 0.3) is 5.56 Å². The quantitative estimate of drug-likeness (QED) is 0.438. The van der Waals surface area contributed by atoms with Crippen molar-refractivity contribution in [3.8, 4) is 11.9 Å². The molecule has 4 aliphatic rings. The van der Waals surface area contributed by atoms with Crippen LogP contribution in [-0.2, 0) is 17.4 Å². The van der Waals surface area contributed by atoms with Crippen LogP contribution in [0.15, 0.2) is 47.4 Å². The highest BCUT2D eigenvalue weighted by Crippen LogP contribution is 2.49. The SMILES string of the molecule is N#CC1(c2cccc(-n3c4nc(Nc5ccc6c(c5)CCNC65CC5)ncc4c(=O)n3C3CC3)n2)CC1. The number of hydrogen-bond donors (Lipinski definition) is 2. The fourth-order valence-corrected chi connectivity index (χ4v) is 5.86. The van der Waals surface area contributed by atoms with E-state index in [4.69, 9.17) is 9.97 Å². The van der Waals surface area contributed by atoms with E-state index in [1.807, 2.05) is 22.9 Å². The molecule has 3 aliphatic carbocycles. The zero-order chi connectivity index (χ0) is 24.8. The second-order valence-electron chi connectivity index (χ2n) is 11.0. The Balaban J connectivity index is 1.22. The maximum atomic E-state index is 13.4. The molecular weight excluding hydrogens is 464 g/mol. The summed E-state index contributed by atoms with van der Waals surface area (Å²) >= 11 is 0. The van der Waals surface area contributed by atoms with E-state index in [1.54, 1.807) is 10.9 Å².